The van der Waals surface area contributed by atoms with Gasteiger partial charge < -0.3 is 34.3 Å². The van der Waals surface area contributed by atoms with Crippen LogP contribution in [0.1, 0.15) is 168 Å². The van der Waals surface area contributed by atoms with Crippen LogP contribution in [0.3, 0.4) is 0 Å². The third-order valence-corrected chi connectivity index (χ3v) is 11.0. The SMILES string of the molecule is CC/C=C\C/C=C\C/C=C\C/C=C\CCCCCCCOCC(COC1OC(CO)C(O)C(OS(=O)(=O)O)C1O)OC(=O)CCCCCCCC/C=C\C/C=C\C/C=C\CCCCC. The molecule has 6 atom stereocenters. The quantitative estimate of drug-likeness (QED) is 0.0198. The molecule has 6 unspecified atom stereocenters. The molecule has 0 saturated carbocycles. The molecule has 1 rings (SSSR count). The van der Waals surface area contributed by atoms with Crippen LogP contribution in [-0.2, 0) is 38.3 Å². The number of esters is 1. The first-order chi connectivity index (χ1) is 31.1. The van der Waals surface area contributed by atoms with Crippen molar-refractivity contribution in [3.63, 3.8) is 0 Å². The van der Waals surface area contributed by atoms with Crippen LogP contribution >= 0.6 is 0 Å². The van der Waals surface area contributed by atoms with Gasteiger partial charge in [0.2, 0.25) is 0 Å². The number of aliphatic hydroxyl groups excluding tert-OH is 3. The van der Waals surface area contributed by atoms with E-state index in [9.17, 15) is 33.1 Å². The fourth-order valence-corrected chi connectivity index (χ4v) is 7.35. The molecule has 0 aliphatic carbocycles. The molecule has 0 aromatic heterocycles. The van der Waals surface area contributed by atoms with Crippen molar-refractivity contribution in [2.45, 2.75) is 205 Å². The Labute approximate surface area is 387 Å². The average molecular weight is 923 g/mol. The summed E-state index contributed by atoms with van der Waals surface area (Å²) in [6.07, 6.45) is 46.0. The maximum absolute atomic E-state index is 12.9. The zero-order valence-corrected chi connectivity index (χ0v) is 40.1. The van der Waals surface area contributed by atoms with Crippen LogP contribution in [0.15, 0.2) is 85.1 Å². The second-order valence-electron chi connectivity index (χ2n) is 16.3. The van der Waals surface area contributed by atoms with Crippen molar-refractivity contribution in [1.82, 2.24) is 0 Å². The lowest BCUT2D eigenvalue weighted by Gasteiger charge is -2.41. The largest absolute Gasteiger partial charge is 0.457 e. The summed E-state index contributed by atoms with van der Waals surface area (Å²) in [4.78, 5) is 12.9. The van der Waals surface area contributed by atoms with Crippen molar-refractivity contribution < 1.29 is 56.2 Å². The molecule has 0 amide bonds. The van der Waals surface area contributed by atoms with Gasteiger partial charge in [-0.2, -0.15) is 8.42 Å². The van der Waals surface area contributed by atoms with Crippen molar-refractivity contribution in [3.8, 4) is 0 Å². The Kier molecular flexibility index (Phi) is 38.6. The van der Waals surface area contributed by atoms with Gasteiger partial charge in [0.05, 0.1) is 19.8 Å². The number of hydrogen-bond donors (Lipinski definition) is 4. The summed E-state index contributed by atoms with van der Waals surface area (Å²) < 4.78 is 59.1. The normalized spacial score (nSPS) is 20.5. The zero-order chi connectivity index (χ0) is 46.8. The Morgan fingerprint density at radius 3 is 1.58 bits per heavy atom. The molecule has 0 radical (unpaired) electrons. The first kappa shape index (κ1) is 59.3. The second kappa shape index (κ2) is 41.7. The number of carbonyl (C=O) groups is 1. The number of ether oxygens (including phenoxy) is 4. The van der Waals surface area contributed by atoms with E-state index in [1.807, 2.05) is 0 Å². The van der Waals surface area contributed by atoms with Gasteiger partial charge in [-0.1, -0.05) is 157 Å². The zero-order valence-electron chi connectivity index (χ0n) is 39.3. The summed E-state index contributed by atoms with van der Waals surface area (Å²) in [7, 11) is -5.07. The topological polar surface area (TPSA) is 178 Å². The molecule has 1 saturated heterocycles. The number of aliphatic hydroxyl groups is 3. The van der Waals surface area contributed by atoms with Gasteiger partial charge in [-0.3, -0.25) is 9.35 Å². The fourth-order valence-electron chi connectivity index (χ4n) is 6.85. The highest BCUT2D eigenvalue weighted by Crippen LogP contribution is 2.26. The first-order valence-electron chi connectivity index (χ1n) is 24.3. The van der Waals surface area contributed by atoms with Crippen LogP contribution in [0.5, 0.6) is 0 Å². The molecule has 0 aromatic carbocycles. The van der Waals surface area contributed by atoms with E-state index in [1.165, 1.54) is 25.7 Å². The minimum absolute atomic E-state index is 0.0126. The van der Waals surface area contributed by atoms with Crippen molar-refractivity contribution >= 4 is 16.4 Å². The lowest BCUT2D eigenvalue weighted by Crippen LogP contribution is -2.60. The predicted octanol–water partition coefficient (Wildman–Crippen LogP) is 10.9. The van der Waals surface area contributed by atoms with Gasteiger partial charge in [0.1, 0.15) is 30.5 Å². The molecule has 1 aliphatic rings. The minimum Gasteiger partial charge on any atom is -0.457 e. The van der Waals surface area contributed by atoms with Gasteiger partial charge in [-0.25, -0.2) is 4.18 Å². The Hall–Kier alpha value is -2.72. The smallest absolute Gasteiger partial charge is 0.397 e. The van der Waals surface area contributed by atoms with Crippen LogP contribution in [0.4, 0.5) is 0 Å². The highest BCUT2D eigenvalue weighted by molar-refractivity contribution is 7.80. The van der Waals surface area contributed by atoms with E-state index in [0.717, 1.165) is 116 Å². The summed E-state index contributed by atoms with van der Waals surface area (Å²) >= 11 is 0. The molecule has 0 aromatic rings. The molecule has 1 aliphatic heterocycles. The molecule has 12 nitrogen and oxygen atoms in total. The lowest BCUT2D eigenvalue weighted by molar-refractivity contribution is -0.301. The maximum atomic E-state index is 12.9. The predicted molar refractivity (Wildman–Crippen MR) is 257 cm³/mol. The number of rotatable bonds is 41. The summed E-state index contributed by atoms with van der Waals surface area (Å²) in [6.45, 7) is 3.77. The van der Waals surface area contributed by atoms with Crippen molar-refractivity contribution in [3.05, 3.63) is 85.1 Å². The minimum atomic E-state index is -5.07. The van der Waals surface area contributed by atoms with Gasteiger partial charge in [0, 0.05) is 13.0 Å². The van der Waals surface area contributed by atoms with Crippen molar-refractivity contribution in [1.29, 1.82) is 0 Å². The summed E-state index contributed by atoms with van der Waals surface area (Å²) in [5.74, 6) is -0.422. The van der Waals surface area contributed by atoms with Crippen LogP contribution < -0.4 is 0 Å². The van der Waals surface area contributed by atoms with Gasteiger partial charge in [0.25, 0.3) is 0 Å². The van der Waals surface area contributed by atoms with E-state index in [2.05, 4.69) is 103 Å². The second-order valence-corrected chi connectivity index (χ2v) is 17.4. The van der Waals surface area contributed by atoms with Gasteiger partial charge in [0.15, 0.2) is 6.29 Å². The number of hydrogen-bond acceptors (Lipinski definition) is 11. The molecular weight excluding hydrogens is 837 g/mol. The van der Waals surface area contributed by atoms with E-state index in [1.54, 1.807) is 0 Å². The van der Waals surface area contributed by atoms with Crippen molar-refractivity contribution in [2.75, 3.05) is 26.4 Å². The fraction of sp³-hybridized carbons (Fsp3) is 0.706. The monoisotopic (exact) mass is 923 g/mol. The molecule has 64 heavy (non-hydrogen) atoms. The highest BCUT2D eigenvalue weighted by Gasteiger charge is 2.48. The molecule has 368 valence electrons. The lowest BCUT2D eigenvalue weighted by atomic mass is 9.99. The number of unbranched alkanes of at least 4 members (excludes halogenated alkanes) is 14. The Balaban J connectivity index is 2.43. The molecule has 1 fully saturated rings. The van der Waals surface area contributed by atoms with Crippen LogP contribution in [0.2, 0.25) is 0 Å². The van der Waals surface area contributed by atoms with Crippen LogP contribution in [-0.4, -0.2) is 97.5 Å². The van der Waals surface area contributed by atoms with Gasteiger partial charge in [-0.05, 0) is 89.9 Å². The van der Waals surface area contributed by atoms with Crippen molar-refractivity contribution in [2.24, 2.45) is 0 Å². The van der Waals surface area contributed by atoms with Crippen LogP contribution in [0, 0.1) is 0 Å². The molecule has 1 heterocycles. The molecular formula is C51H86O12S. The summed E-state index contributed by atoms with van der Waals surface area (Å²) in [5, 5.41) is 30.7. The Morgan fingerprint density at radius 1 is 0.609 bits per heavy atom. The molecule has 4 N–H and O–H groups in total. The first-order valence-corrected chi connectivity index (χ1v) is 25.7. The molecule has 13 heteroatoms. The average Bonchev–Trinajstić information content (AvgIpc) is 3.27. The Morgan fingerprint density at radius 2 is 1.08 bits per heavy atom. The third kappa shape index (κ3) is 34.6. The van der Waals surface area contributed by atoms with Crippen LogP contribution in [0.25, 0.3) is 0 Å². The standard InChI is InChI=1S/C51H86O12S/c1-3-5-7-9-11-13-15-17-19-21-23-24-26-28-30-32-34-36-38-40-47(53)61-45(44-60-51-49(55)50(63-64(56,57)58)48(54)46(42-52)62-51)43-59-41-39-37-35-33-31-29-27-25-22-20-18-16-14-12-10-8-6-4-2/h6,8,11-14,17-20,23-25,27,45-46,48-52,54-55H,3-5,7,9-10,15-16,21-22,26,28-44H2,1-2H3,(H,56,57,58)/b8-6-,13-11-,14-12-,19-17-,20-18-,24-23-,27-25-. The summed E-state index contributed by atoms with van der Waals surface area (Å²) in [6, 6.07) is 0. The highest BCUT2D eigenvalue weighted by atomic mass is 32.3. The number of carbonyl (C=O) groups excluding carboxylic acids is 1. The number of allylic oxidation sites excluding steroid dienone is 14. The van der Waals surface area contributed by atoms with Gasteiger partial charge in [-0.15, -0.1) is 0 Å². The third-order valence-electron chi connectivity index (χ3n) is 10.5. The van der Waals surface area contributed by atoms with E-state index < -0.39 is 59.8 Å². The molecule has 0 bridgehead atoms. The van der Waals surface area contributed by atoms with E-state index in [0.29, 0.717) is 13.0 Å². The molecule has 0 spiro atoms. The van der Waals surface area contributed by atoms with E-state index in [4.69, 9.17) is 18.9 Å². The Bertz CT molecular complexity index is 1440. The maximum Gasteiger partial charge on any atom is 0.397 e. The summed E-state index contributed by atoms with van der Waals surface area (Å²) in [5.41, 5.74) is 0. The van der Waals surface area contributed by atoms with Gasteiger partial charge >= 0.3 is 16.4 Å². The van der Waals surface area contributed by atoms with E-state index in [-0.39, 0.29) is 19.6 Å². The van der Waals surface area contributed by atoms with E-state index >= 15 is 0 Å².